The van der Waals surface area contributed by atoms with Crippen LogP contribution >= 0.6 is 0 Å². The van der Waals surface area contributed by atoms with Crippen molar-refractivity contribution < 1.29 is 13.2 Å². The molecule has 0 aromatic carbocycles. The molecule has 2 nitrogen and oxygen atoms in total. The number of alkyl halides is 2. The Hall–Kier alpha value is -2.17. The number of hydrogen-bond acceptors (Lipinski definition) is 1. The van der Waals surface area contributed by atoms with Gasteiger partial charge in [-0.15, -0.1) is 0 Å². The molecule has 0 aliphatic rings. The first kappa shape index (κ1) is 34.8. The van der Waals surface area contributed by atoms with Crippen molar-refractivity contribution in [2.45, 2.75) is 126 Å². The molecule has 0 aromatic heterocycles. The van der Waals surface area contributed by atoms with Crippen molar-refractivity contribution in [3.8, 4) is 0 Å². The summed E-state index contributed by atoms with van der Waals surface area (Å²) in [6.07, 6.45) is 12.9. The summed E-state index contributed by atoms with van der Waals surface area (Å²) in [5.74, 6) is 0.244. The van der Waals surface area contributed by atoms with E-state index in [-0.39, 0.29) is 11.5 Å². The number of aliphatic imine (C=N–C) groups is 2. The van der Waals surface area contributed by atoms with Gasteiger partial charge in [-0.1, -0.05) is 77.2 Å². The molecule has 0 rings (SSSR count). The molecular formula is C32H51F3N2. The number of nitrogens with zero attached hydrogens (tertiary/aromatic N) is 2. The van der Waals surface area contributed by atoms with Crippen LogP contribution in [0, 0.1) is 5.92 Å². The van der Waals surface area contributed by atoms with Gasteiger partial charge in [0.1, 0.15) is 17.9 Å². The van der Waals surface area contributed by atoms with Gasteiger partial charge in [0.25, 0.3) is 6.43 Å². The van der Waals surface area contributed by atoms with Crippen molar-refractivity contribution in [2.75, 3.05) is 0 Å². The Kier molecular flexibility index (Phi) is 19.6. The molecule has 0 fully saturated rings. The zero-order valence-corrected chi connectivity index (χ0v) is 24.5. The fraction of sp³-hybridized carbons (Fsp3) is 0.625. The van der Waals surface area contributed by atoms with Crippen molar-refractivity contribution in [3.05, 3.63) is 57.6 Å². The van der Waals surface area contributed by atoms with Crippen LogP contribution in [0.15, 0.2) is 67.6 Å². The average molecular weight is 521 g/mol. The Labute approximate surface area is 225 Å². The zero-order valence-electron chi connectivity index (χ0n) is 24.5. The summed E-state index contributed by atoms with van der Waals surface area (Å²) in [6, 6.07) is 0. The van der Waals surface area contributed by atoms with Crippen LogP contribution in [-0.4, -0.2) is 19.5 Å². The minimum absolute atomic E-state index is 0.0489. The molecule has 1 atom stereocenters. The van der Waals surface area contributed by atoms with Crippen LogP contribution in [0.2, 0.25) is 0 Å². The molecule has 0 radical (unpaired) electrons. The molecule has 0 spiro atoms. The standard InChI is InChI=1S/C32H51F3N2/c1-9-14-26(13-5)22-28(33)20-19-27(15-10-2)25(7)30(17-12-4)29(16-11-3)24(6)18-21-31(32(34)35)37-23-36-8/h14,21-23,27,32H,8-13,15-20H2,1-7H3/b26-14-,28-22+,29-24-,30-25+,31-21-,37-23?. The maximum absolute atomic E-state index is 14.8. The number of hydrogen-bond donors (Lipinski definition) is 0. The second-order valence-electron chi connectivity index (χ2n) is 9.64. The highest BCUT2D eigenvalue weighted by molar-refractivity contribution is 5.63. The normalized spacial score (nSPS) is 15.8. The van der Waals surface area contributed by atoms with Gasteiger partial charge in [-0.25, -0.2) is 18.2 Å². The molecule has 1 unspecified atom stereocenters. The lowest BCUT2D eigenvalue weighted by Gasteiger charge is -2.24. The molecule has 210 valence electrons. The first-order valence-corrected chi connectivity index (χ1v) is 14.1. The Morgan fingerprint density at radius 2 is 1.51 bits per heavy atom. The lowest BCUT2D eigenvalue weighted by molar-refractivity contribution is 0.188. The molecule has 0 bridgehead atoms. The summed E-state index contributed by atoms with van der Waals surface area (Å²) in [7, 11) is 0. The van der Waals surface area contributed by atoms with Crippen molar-refractivity contribution in [2.24, 2.45) is 15.9 Å². The second kappa shape index (κ2) is 20.8. The molecule has 0 N–H and O–H groups in total. The summed E-state index contributed by atoms with van der Waals surface area (Å²) in [5, 5.41) is 0. The van der Waals surface area contributed by atoms with Crippen LogP contribution in [0.4, 0.5) is 13.2 Å². The predicted molar refractivity (Wildman–Crippen MR) is 157 cm³/mol. The topological polar surface area (TPSA) is 24.7 Å². The Bertz CT molecular complexity index is 857. The van der Waals surface area contributed by atoms with E-state index in [0.29, 0.717) is 18.8 Å². The maximum Gasteiger partial charge on any atom is 0.280 e. The van der Waals surface area contributed by atoms with Crippen molar-refractivity contribution in [1.82, 2.24) is 0 Å². The van der Waals surface area contributed by atoms with E-state index in [1.807, 2.05) is 6.92 Å². The largest absolute Gasteiger partial charge is 0.280 e. The van der Waals surface area contributed by atoms with Gasteiger partial charge in [-0.05, 0) is 101 Å². The molecule has 0 amide bonds. The number of rotatable bonds is 19. The SMILES string of the molecule is C=NC=N/C(=C\C/C(C)=C(CCC)\C(CCC)=C(/C)C(CCC)CC/C(F)=C\C(=C/CC)CC)C(F)F. The van der Waals surface area contributed by atoms with E-state index in [4.69, 9.17) is 0 Å². The van der Waals surface area contributed by atoms with Crippen molar-refractivity contribution in [1.29, 1.82) is 0 Å². The fourth-order valence-corrected chi connectivity index (χ4v) is 4.72. The summed E-state index contributed by atoms with van der Waals surface area (Å²) < 4.78 is 41.6. The molecule has 0 aromatic rings. The van der Waals surface area contributed by atoms with Gasteiger partial charge in [-0.2, -0.15) is 0 Å². The monoisotopic (exact) mass is 520 g/mol. The first-order chi connectivity index (χ1) is 17.7. The molecule has 0 heterocycles. The smallest absolute Gasteiger partial charge is 0.253 e. The van der Waals surface area contributed by atoms with Gasteiger partial charge in [0.2, 0.25) is 0 Å². The molecule has 0 aliphatic heterocycles. The fourth-order valence-electron chi connectivity index (χ4n) is 4.72. The number of allylic oxidation sites excluding steroid dienone is 10. The summed E-state index contributed by atoms with van der Waals surface area (Å²) in [6.45, 7) is 18.1. The third kappa shape index (κ3) is 13.8. The van der Waals surface area contributed by atoms with Gasteiger partial charge >= 0.3 is 0 Å². The molecule has 5 heteroatoms. The van der Waals surface area contributed by atoms with Crippen LogP contribution in [0.3, 0.4) is 0 Å². The highest BCUT2D eigenvalue weighted by atomic mass is 19.3. The van der Waals surface area contributed by atoms with E-state index in [0.717, 1.165) is 75.3 Å². The van der Waals surface area contributed by atoms with E-state index in [1.54, 1.807) is 6.08 Å². The zero-order chi connectivity index (χ0) is 28.2. The molecule has 0 saturated carbocycles. The minimum Gasteiger partial charge on any atom is -0.253 e. The van der Waals surface area contributed by atoms with E-state index in [9.17, 15) is 13.2 Å². The van der Waals surface area contributed by atoms with Crippen molar-refractivity contribution >= 4 is 13.1 Å². The van der Waals surface area contributed by atoms with Crippen LogP contribution in [0.25, 0.3) is 0 Å². The highest BCUT2D eigenvalue weighted by Gasteiger charge is 2.19. The lowest BCUT2D eigenvalue weighted by atomic mass is 9.81. The average Bonchev–Trinajstić information content (AvgIpc) is 2.87. The van der Waals surface area contributed by atoms with E-state index in [1.165, 1.54) is 22.8 Å². The predicted octanol–water partition coefficient (Wildman–Crippen LogP) is 11.3. The quantitative estimate of drug-likeness (QED) is 0.0919. The summed E-state index contributed by atoms with van der Waals surface area (Å²) >= 11 is 0. The maximum atomic E-state index is 14.8. The minimum atomic E-state index is -2.66. The third-order valence-corrected chi connectivity index (χ3v) is 6.68. The van der Waals surface area contributed by atoms with Crippen LogP contribution < -0.4 is 0 Å². The highest BCUT2D eigenvalue weighted by Crippen LogP contribution is 2.35. The van der Waals surface area contributed by atoms with Gasteiger partial charge in [-0.3, -0.25) is 4.99 Å². The van der Waals surface area contributed by atoms with E-state index in [2.05, 4.69) is 64.3 Å². The summed E-state index contributed by atoms with van der Waals surface area (Å²) in [5.41, 5.74) is 5.77. The molecule has 0 aliphatic carbocycles. The lowest BCUT2D eigenvalue weighted by Crippen LogP contribution is -2.08. The summed E-state index contributed by atoms with van der Waals surface area (Å²) in [4.78, 5) is 7.20. The number of halogens is 3. The van der Waals surface area contributed by atoms with Gasteiger partial charge in [0.15, 0.2) is 0 Å². The van der Waals surface area contributed by atoms with Crippen LogP contribution in [0.5, 0.6) is 0 Å². The van der Waals surface area contributed by atoms with E-state index < -0.39 is 6.43 Å². The van der Waals surface area contributed by atoms with Crippen molar-refractivity contribution in [3.63, 3.8) is 0 Å². The third-order valence-electron chi connectivity index (χ3n) is 6.68. The van der Waals surface area contributed by atoms with Crippen LogP contribution in [0.1, 0.15) is 119 Å². The Balaban J connectivity index is 6.31. The van der Waals surface area contributed by atoms with Gasteiger partial charge in [0.05, 0.1) is 0 Å². The van der Waals surface area contributed by atoms with Gasteiger partial charge < -0.3 is 0 Å². The molecule has 0 saturated heterocycles. The Morgan fingerprint density at radius 1 is 0.865 bits per heavy atom. The molecular weight excluding hydrogens is 469 g/mol. The Morgan fingerprint density at radius 3 is 2.03 bits per heavy atom. The molecule has 37 heavy (non-hydrogen) atoms. The first-order valence-electron chi connectivity index (χ1n) is 14.1. The second-order valence-corrected chi connectivity index (χ2v) is 9.64. The van der Waals surface area contributed by atoms with Gasteiger partial charge in [0, 0.05) is 0 Å². The van der Waals surface area contributed by atoms with Crippen LogP contribution in [-0.2, 0) is 0 Å². The van der Waals surface area contributed by atoms with E-state index >= 15 is 0 Å².